The van der Waals surface area contributed by atoms with Gasteiger partial charge in [-0.1, -0.05) is 218 Å². The molecule has 0 fully saturated rings. The first-order valence-corrected chi connectivity index (χ1v) is 28.3. The number of fused-ring (bicyclic) bond motifs is 19. The van der Waals surface area contributed by atoms with Gasteiger partial charge in [0.15, 0.2) is 0 Å². The zero-order valence-electron chi connectivity index (χ0n) is 42.8. The first-order chi connectivity index (χ1) is 39.2. The van der Waals surface area contributed by atoms with Crippen LogP contribution in [-0.4, -0.2) is 0 Å². The van der Waals surface area contributed by atoms with Crippen molar-refractivity contribution in [3.63, 3.8) is 0 Å². The highest BCUT2D eigenvalue weighted by atomic mass is 32.1. The van der Waals surface area contributed by atoms with Gasteiger partial charge in [-0.3, -0.25) is 0 Å². The van der Waals surface area contributed by atoms with E-state index in [-0.39, 0.29) is 0 Å². The number of hydrogen-bond acceptors (Lipinski definition) is 2. The summed E-state index contributed by atoms with van der Waals surface area (Å²) in [5.74, 6) is 0. The largest absolute Gasteiger partial charge is 0.310 e. The number of thiophene rings is 1. The van der Waals surface area contributed by atoms with Gasteiger partial charge in [-0.05, 0) is 181 Å². The molecule has 1 spiro atoms. The van der Waals surface area contributed by atoms with Crippen LogP contribution >= 0.6 is 11.3 Å². The van der Waals surface area contributed by atoms with Gasteiger partial charge in [-0.2, -0.15) is 0 Å². The van der Waals surface area contributed by atoms with Crippen LogP contribution in [0.5, 0.6) is 0 Å². The molecule has 0 radical (unpaired) electrons. The maximum atomic E-state index is 2.52. The summed E-state index contributed by atoms with van der Waals surface area (Å²) in [7, 11) is 0. The average Bonchev–Trinajstić information content (AvgIpc) is 3.44. The smallest absolute Gasteiger partial charge is 0.0726 e. The standard InChI is InChI=1S/C77H45NS/c1-2-14-46(15-3-1)47-26-33-51(34-27-47)78(52-35-39-61-60-22-10-13-25-70(60)77(71(61)43-52)68-23-11-8-20-58(68)59-21-9-12-24-69(59)77)72-40-31-49-29-37-62-53(36-28-48-30-38-63(72)76(49)75(48)62)50-32-41-73-66(42-50)67-44-64-56-18-6-4-16-54(56)55-17-5-7-19-57(55)65(64)45-74(67)79-73/h1-45H. The number of anilines is 3. The Balaban J connectivity index is 0.843. The van der Waals surface area contributed by atoms with Gasteiger partial charge in [0, 0.05) is 36.9 Å². The summed E-state index contributed by atoms with van der Waals surface area (Å²) in [6.45, 7) is 0. The molecule has 2 heteroatoms. The third-order valence-corrected chi connectivity index (χ3v) is 19.1. The molecule has 16 aromatic rings. The van der Waals surface area contributed by atoms with Gasteiger partial charge in [0.1, 0.15) is 0 Å². The fraction of sp³-hybridized carbons (Fsp3) is 0.0130. The van der Waals surface area contributed by atoms with Crippen molar-refractivity contribution in [2.45, 2.75) is 5.41 Å². The molecule has 0 atom stereocenters. The Morgan fingerprint density at radius 3 is 1.41 bits per heavy atom. The van der Waals surface area contributed by atoms with Crippen LogP contribution in [0.1, 0.15) is 22.3 Å². The SMILES string of the molecule is c1ccc(-c2ccc(N(c3ccc4c(c3)C3(c5ccccc5-c5ccccc53)c3ccccc3-4)c3ccc4ccc5c(-c6ccc7sc8cc9c%10ccccc%10c%10ccccc%10c9cc8c7c6)ccc6ccc3c4c65)cc2)cc1. The second-order valence-electron chi connectivity index (χ2n) is 21.8. The van der Waals surface area contributed by atoms with E-state index in [0.29, 0.717) is 0 Å². The van der Waals surface area contributed by atoms with Crippen LogP contribution < -0.4 is 4.90 Å². The highest BCUT2D eigenvalue weighted by Crippen LogP contribution is 2.63. The quantitative estimate of drug-likeness (QED) is 0.155. The summed E-state index contributed by atoms with van der Waals surface area (Å²) < 4.78 is 2.63. The predicted molar refractivity (Wildman–Crippen MR) is 337 cm³/mol. The molecule has 15 aromatic carbocycles. The van der Waals surface area contributed by atoms with Crippen molar-refractivity contribution in [1.82, 2.24) is 0 Å². The van der Waals surface area contributed by atoms with E-state index in [1.165, 1.54) is 152 Å². The summed E-state index contributed by atoms with van der Waals surface area (Å²) in [5, 5.41) is 18.0. The fourth-order valence-corrected chi connectivity index (χ4v) is 15.8. The Morgan fingerprint density at radius 1 is 0.253 bits per heavy atom. The second kappa shape index (κ2) is 16.1. The molecule has 364 valence electrons. The summed E-state index contributed by atoms with van der Waals surface area (Å²) >= 11 is 1.90. The molecule has 79 heavy (non-hydrogen) atoms. The number of rotatable bonds is 5. The molecule has 0 saturated heterocycles. The van der Waals surface area contributed by atoms with Gasteiger partial charge in [0.25, 0.3) is 0 Å². The van der Waals surface area contributed by atoms with Crippen molar-refractivity contribution in [2.24, 2.45) is 0 Å². The Kier molecular flexibility index (Phi) is 8.82. The van der Waals surface area contributed by atoms with Crippen LogP contribution in [0.4, 0.5) is 17.1 Å². The molecule has 2 aliphatic carbocycles. The average molecular weight is 1020 g/mol. The molecule has 18 rings (SSSR count). The van der Waals surface area contributed by atoms with E-state index in [9.17, 15) is 0 Å². The zero-order chi connectivity index (χ0) is 51.5. The van der Waals surface area contributed by atoms with Crippen LogP contribution in [0.15, 0.2) is 273 Å². The minimum absolute atomic E-state index is 0.466. The van der Waals surface area contributed by atoms with Gasteiger partial charge >= 0.3 is 0 Å². The summed E-state index contributed by atoms with van der Waals surface area (Å²) in [4.78, 5) is 2.52. The third-order valence-electron chi connectivity index (χ3n) is 18.0. The molecular formula is C77H45NS. The topological polar surface area (TPSA) is 3.24 Å². The molecule has 0 N–H and O–H groups in total. The fourth-order valence-electron chi connectivity index (χ4n) is 14.7. The summed E-state index contributed by atoms with van der Waals surface area (Å²) in [5.41, 5.74) is 18.4. The monoisotopic (exact) mass is 1020 g/mol. The van der Waals surface area contributed by atoms with Gasteiger partial charge in [0.05, 0.1) is 11.1 Å². The minimum Gasteiger partial charge on any atom is -0.310 e. The molecule has 0 bridgehead atoms. The van der Waals surface area contributed by atoms with E-state index in [1.54, 1.807) is 0 Å². The molecular weight excluding hydrogens is 971 g/mol. The van der Waals surface area contributed by atoms with Crippen molar-refractivity contribution in [2.75, 3.05) is 4.90 Å². The lowest BCUT2D eigenvalue weighted by Gasteiger charge is -2.32. The van der Waals surface area contributed by atoms with Gasteiger partial charge in [-0.15, -0.1) is 11.3 Å². The lowest BCUT2D eigenvalue weighted by Crippen LogP contribution is -2.26. The zero-order valence-corrected chi connectivity index (χ0v) is 43.7. The molecule has 0 unspecified atom stereocenters. The van der Waals surface area contributed by atoms with Crippen LogP contribution in [0.25, 0.3) is 129 Å². The third kappa shape index (κ3) is 5.88. The van der Waals surface area contributed by atoms with Crippen molar-refractivity contribution >= 4 is 113 Å². The second-order valence-corrected chi connectivity index (χ2v) is 22.9. The number of benzene rings is 15. The lowest BCUT2D eigenvalue weighted by atomic mass is 9.70. The van der Waals surface area contributed by atoms with Crippen LogP contribution in [0.2, 0.25) is 0 Å². The highest BCUT2D eigenvalue weighted by molar-refractivity contribution is 7.25. The molecule has 1 nitrogen and oxygen atoms in total. The van der Waals surface area contributed by atoms with Gasteiger partial charge < -0.3 is 4.90 Å². The molecule has 0 aliphatic heterocycles. The first-order valence-electron chi connectivity index (χ1n) is 27.5. The molecule has 2 aliphatic rings. The van der Waals surface area contributed by atoms with E-state index >= 15 is 0 Å². The Bertz CT molecular complexity index is 5190. The summed E-state index contributed by atoms with van der Waals surface area (Å²) in [6, 6.07) is 103. The summed E-state index contributed by atoms with van der Waals surface area (Å²) in [6.07, 6.45) is 0. The van der Waals surface area contributed by atoms with Gasteiger partial charge in [0.2, 0.25) is 0 Å². The van der Waals surface area contributed by atoms with E-state index in [2.05, 4.69) is 278 Å². The Hall–Kier alpha value is -9.86. The molecule has 1 aromatic heterocycles. The molecule has 0 amide bonds. The highest BCUT2D eigenvalue weighted by Gasteiger charge is 2.51. The van der Waals surface area contributed by atoms with Crippen LogP contribution in [0.3, 0.4) is 0 Å². The van der Waals surface area contributed by atoms with Crippen molar-refractivity contribution in [3.8, 4) is 44.5 Å². The van der Waals surface area contributed by atoms with Crippen molar-refractivity contribution < 1.29 is 0 Å². The van der Waals surface area contributed by atoms with Crippen molar-refractivity contribution in [3.05, 3.63) is 295 Å². The maximum Gasteiger partial charge on any atom is 0.0726 e. The molecule has 1 heterocycles. The minimum atomic E-state index is -0.466. The first kappa shape index (κ1) is 43.3. The van der Waals surface area contributed by atoms with E-state index in [0.717, 1.165) is 17.1 Å². The Labute approximate surface area is 460 Å². The normalized spacial score (nSPS) is 13.2. The van der Waals surface area contributed by atoms with Crippen molar-refractivity contribution in [1.29, 1.82) is 0 Å². The number of hydrogen-bond donors (Lipinski definition) is 0. The van der Waals surface area contributed by atoms with E-state index < -0.39 is 5.41 Å². The van der Waals surface area contributed by atoms with Crippen LogP contribution in [0, 0.1) is 0 Å². The molecule has 0 saturated carbocycles. The predicted octanol–water partition coefficient (Wildman–Crippen LogP) is 21.6. The maximum absolute atomic E-state index is 2.52. The Morgan fingerprint density at radius 2 is 0.734 bits per heavy atom. The van der Waals surface area contributed by atoms with Gasteiger partial charge in [-0.25, -0.2) is 0 Å². The van der Waals surface area contributed by atoms with E-state index in [4.69, 9.17) is 0 Å². The number of nitrogens with zero attached hydrogens (tertiary/aromatic N) is 1. The van der Waals surface area contributed by atoms with E-state index in [1.807, 2.05) is 11.3 Å². The van der Waals surface area contributed by atoms with Crippen LogP contribution in [-0.2, 0) is 5.41 Å². The lowest BCUT2D eigenvalue weighted by molar-refractivity contribution is 0.793.